The van der Waals surface area contributed by atoms with Crippen molar-refractivity contribution < 1.29 is 24.9 Å². The quantitative estimate of drug-likeness (QED) is 0.313. The summed E-state index contributed by atoms with van der Waals surface area (Å²) in [5, 5.41) is 34.5. The average Bonchev–Trinajstić information content (AvgIpc) is 3.30. The molecular formula is C34H47NO5. The molecule has 0 spiro atoms. The first-order chi connectivity index (χ1) is 19.1. The van der Waals surface area contributed by atoms with Gasteiger partial charge in [-0.1, -0.05) is 39.0 Å². The summed E-state index contributed by atoms with van der Waals surface area (Å²) in [7, 11) is 0. The van der Waals surface area contributed by atoms with Crippen molar-refractivity contribution in [1.82, 2.24) is 4.98 Å². The maximum Gasteiger partial charge on any atom is 0.339 e. The van der Waals surface area contributed by atoms with E-state index in [1.807, 2.05) is 30.3 Å². The van der Waals surface area contributed by atoms with E-state index in [-0.39, 0.29) is 41.0 Å². The number of para-hydroxylation sites is 1. The minimum absolute atomic E-state index is 0.0968. The summed E-state index contributed by atoms with van der Waals surface area (Å²) >= 11 is 0. The fourth-order valence-corrected chi connectivity index (χ4v) is 10.2. The number of fused-ring (bicyclic) bond motifs is 6. The van der Waals surface area contributed by atoms with Crippen LogP contribution >= 0.6 is 0 Å². The van der Waals surface area contributed by atoms with Crippen LogP contribution in [0, 0.1) is 46.3 Å². The second-order valence-electron chi connectivity index (χ2n) is 14.2. The lowest BCUT2D eigenvalue weighted by Gasteiger charge is -2.63. The maximum atomic E-state index is 12.6. The fourth-order valence-electron chi connectivity index (χ4n) is 10.2. The Labute approximate surface area is 238 Å². The molecule has 0 amide bonds. The first kappa shape index (κ1) is 28.1. The van der Waals surface area contributed by atoms with Crippen molar-refractivity contribution in [3.05, 3.63) is 42.1 Å². The lowest BCUT2D eigenvalue weighted by molar-refractivity contribution is -0.207. The third-order valence-corrected chi connectivity index (χ3v) is 12.4. The van der Waals surface area contributed by atoms with Gasteiger partial charge in [-0.3, -0.25) is 4.98 Å². The molecule has 0 radical (unpaired) electrons. The molecule has 4 aliphatic rings. The van der Waals surface area contributed by atoms with Crippen LogP contribution in [0.5, 0.6) is 0 Å². The van der Waals surface area contributed by atoms with Crippen molar-refractivity contribution in [1.29, 1.82) is 0 Å². The highest BCUT2D eigenvalue weighted by atomic mass is 16.5. The summed E-state index contributed by atoms with van der Waals surface area (Å²) in [6.45, 7) is 7.35. The number of carbonyl (C=O) groups excluding carboxylic acids is 1. The zero-order chi connectivity index (χ0) is 28.2. The average molecular weight is 550 g/mol. The standard InChI is InChI=1S/C34H47NO5/c1-20(7-6-14-40-32(39)22-15-21-8-4-5-9-28(21)35-19-22)25-10-11-26-31-27(18-30(38)34(25,26)3)33(2)13-12-24(36)16-23(33)17-29(31)37/h4-5,8-9,15,19-20,23-27,29-31,36-38H,6-7,10-14,16-18H2,1-3H3/t20?,23?,24-,25-,26?,27?,29-,30+,31?,33+,34-/m1/s1. The largest absolute Gasteiger partial charge is 0.462 e. The van der Waals surface area contributed by atoms with Gasteiger partial charge >= 0.3 is 5.97 Å². The SMILES string of the molecule is CC(CCCOC(=O)c1cnc2ccccc2c1)[C@H]1CCC2C3C(C[C@H](O)[C@@]21C)[C@@]1(C)CC[C@@H](O)CC1C[C@H]3O. The number of ether oxygens (including phenoxy) is 1. The lowest BCUT2D eigenvalue weighted by atomic mass is 9.43. The third-order valence-electron chi connectivity index (χ3n) is 12.4. The van der Waals surface area contributed by atoms with Crippen LogP contribution in [-0.4, -0.2) is 51.2 Å². The number of carbonyl (C=O) groups is 1. The summed E-state index contributed by atoms with van der Waals surface area (Å²) in [5.41, 5.74) is 1.23. The first-order valence-electron chi connectivity index (χ1n) is 15.7. The van der Waals surface area contributed by atoms with Gasteiger partial charge in [0.25, 0.3) is 0 Å². The van der Waals surface area contributed by atoms with Gasteiger partial charge in [-0.15, -0.1) is 0 Å². The lowest BCUT2D eigenvalue weighted by Crippen LogP contribution is -2.62. The van der Waals surface area contributed by atoms with E-state index in [1.165, 1.54) is 0 Å². The number of esters is 1. The van der Waals surface area contributed by atoms with Crippen LogP contribution in [0.15, 0.2) is 36.5 Å². The number of hydrogen-bond acceptors (Lipinski definition) is 6. The van der Waals surface area contributed by atoms with E-state index in [0.717, 1.165) is 68.7 Å². The zero-order valence-corrected chi connectivity index (χ0v) is 24.3. The van der Waals surface area contributed by atoms with Crippen molar-refractivity contribution >= 4 is 16.9 Å². The molecule has 4 saturated carbocycles. The summed E-state index contributed by atoms with van der Waals surface area (Å²) in [6.07, 6.45) is 8.67. The number of nitrogens with zero attached hydrogens (tertiary/aromatic N) is 1. The summed E-state index contributed by atoms with van der Waals surface area (Å²) < 4.78 is 5.62. The predicted molar refractivity (Wildman–Crippen MR) is 154 cm³/mol. The number of aromatic nitrogens is 1. The minimum atomic E-state index is -0.374. The number of aliphatic hydroxyl groups is 3. The molecule has 11 atom stereocenters. The Morgan fingerprint density at radius 2 is 1.88 bits per heavy atom. The Hall–Kier alpha value is -2.02. The van der Waals surface area contributed by atoms with Crippen LogP contribution in [0.1, 0.15) is 88.9 Å². The number of aliphatic hydroxyl groups excluding tert-OH is 3. The molecule has 3 N–H and O–H groups in total. The molecule has 0 aliphatic heterocycles. The number of benzene rings is 1. The van der Waals surface area contributed by atoms with E-state index >= 15 is 0 Å². The Morgan fingerprint density at radius 1 is 1.07 bits per heavy atom. The number of rotatable bonds is 6. The van der Waals surface area contributed by atoms with Gasteiger partial charge in [0.15, 0.2) is 0 Å². The summed E-state index contributed by atoms with van der Waals surface area (Å²) in [6, 6.07) is 9.58. The molecule has 6 heteroatoms. The molecule has 5 unspecified atom stereocenters. The molecule has 0 bridgehead atoms. The minimum Gasteiger partial charge on any atom is -0.462 e. The zero-order valence-electron chi connectivity index (χ0n) is 24.3. The first-order valence-corrected chi connectivity index (χ1v) is 15.7. The van der Waals surface area contributed by atoms with Gasteiger partial charge in [0, 0.05) is 11.6 Å². The predicted octanol–water partition coefficient (Wildman–Crippen LogP) is 5.77. The third kappa shape index (κ3) is 4.59. The Balaban J connectivity index is 1.08. The maximum absolute atomic E-state index is 12.6. The highest BCUT2D eigenvalue weighted by Gasteiger charge is 2.65. The molecule has 0 saturated heterocycles. The molecule has 2 aromatic rings. The highest BCUT2D eigenvalue weighted by molar-refractivity contribution is 5.93. The van der Waals surface area contributed by atoms with E-state index < -0.39 is 0 Å². The molecule has 6 nitrogen and oxygen atoms in total. The molecule has 40 heavy (non-hydrogen) atoms. The summed E-state index contributed by atoms with van der Waals surface area (Å²) in [4.78, 5) is 17.0. The smallest absolute Gasteiger partial charge is 0.339 e. The van der Waals surface area contributed by atoms with Gasteiger partial charge in [0.1, 0.15) is 0 Å². The number of hydrogen-bond donors (Lipinski definition) is 3. The Morgan fingerprint density at radius 3 is 2.70 bits per heavy atom. The van der Waals surface area contributed by atoms with Gasteiger partial charge in [-0.25, -0.2) is 4.79 Å². The van der Waals surface area contributed by atoms with Crippen molar-refractivity contribution in [3.8, 4) is 0 Å². The van der Waals surface area contributed by atoms with Crippen molar-refractivity contribution in [2.75, 3.05) is 6.61 Å². The van der Waals surface area contributed by atoms with Crippen LogP contribution < -0.4 is 0 Å². The fraction of sp³-hybridized carbons (Fsp3) is 0.706. The Bertz CT molecular complexity index is 1230. The van der Waals surface area contributed by atoms with Crippen LogP contribution in [0.4, 0.5) is 0 Å². The van der Waals surface area contributed by atoms with Gasteiger partial charge in [-0.05, 0) is 116 Å². The molecule has 6 rings (SSSR count). The molecule has 1 aromatic heterocycles. The van der Waals surface area contributed by atoms with E-state index in [2.05, 4.69) is 25.8 Å². The topological polar surface area (TPSA) is 99.9 Å². The van der Waals surface area contributed by atoms with Crippen molar-refractivity contribution in [2.45, 2.75) is 96.9 Å². The second-order valence-corrected chi connectivity index (χ2v) is 14.2. The monoisotopic (exact) mass is 549 g/mol. The normalized spacial score (nSPS) is 41.5. The van der Waals surface area contributed by atoms with Crippen LogP contribution in [-0.2, 0) is 4.74 Å². The molecule has 218 valence electrons. The Kier molecular flexibility index (Phi) is 7.50. The van der Waals surface area contributed by atoms with Crippen molar-refractivity contribution in [2.24, 2.45) is 46.3 Å². The molecule has 4 fully saturated rings. The van der Waals surface area contributed by atoms with Gasteiger partial charge < -0.3 is 20.1 Å². The summed E-state index contributed by atoms with van der Waals surface area (Å²) in [5.74, 6) is 1.68. The van der Waals surface area contributed by atoms with E-state index in [9.17, 15) is 20.1 Å². The molecule has 4 aliphatic carbocycles. The molecule has 1 aromatic carbocycles. The van der Waals surface area contributed by atoms with Crippen LogP contribution in [0.3, 0.4) is 0 Å². The van der Waals surface area contributed by atoms with Crippen LogP contribution in [0.2, 0.25) is 0 Å². The molecular weight excluding hydrogens is 502 g/mol. The number of pyridine rings is 1. The highest BCUT2D eigenvalue weighted by Crippen LogP contribution is 2.68. The van der Waals surface area contributed by atoms with Gasteiger partial charge in [-0.2, -0.15) is 0 Å². The van der Waals surface area contributed by atoms with Gasteiger partial charge in [0.2, 0.25) is 0 Å². The van der Waals surface area contributed by atoms with E-state index in [0.29, 0.717) is 41.8 Å². The van der Waals surface area contributed by atoms with Gasteiger partial charge in [0.05, 0.1) is 36.0 Å². The van der Waals surface area contributed by atoms with Crippen molar-refractivity contribution in [3.63, 3.8) is 0 Å². The van der Waals surface area contributed by atoms with Crippen LogP contribution in [0.25, 0.3) is 10.9 Å². The van der Waals surface area contributed by atoms with E-state index in [1.54, 1.807) is 6.20 Å². The molecule has 1 heterocycles. The second kappa shape index (κ2) is 10.7. The van der Waals surface area contributed by atoms with E-state index in [4.69, 9.17) is 4.74 Å².